The number of carboxylic acids is 1. The Labute approximate surface area is 718 Å². The summed E-state index contributed by atoms with van der Waals surface area (Å²) in [7, 11) is 1.46. The molecule has 0 aliphatic carbocycles. The molecule has 1 unspecified atom stereocenters. The lowest BCUT2D eigenvalue weighted by atomic mass is 9.86. The summed E-state index contributed by atoms with van der Waals surface area (Å²) in [6.45, 7) is 5.58. The van der Waals surface area contributed by atoms with Crippen molar-refractivity contribution in [3.63, 3.8) is 0 Å². The first-order chi connectivity index (χ1) is 58.4. The van der Waals surface area contributed by atoms with Crippen LogP contribution in [-0.2, 0) is 68.6 Å². The summed E-state index contributed by atoms with van der Waals surface area (Å²) < 4.78 is 51.2. The maximum Gasteiger partial charge on any atom is 0.330 e. The largest absolute Gasteiger partial charge is 0.508 e. The molecule has 8 aliphatic heterocycles. The Bertz CT molecular complexity index is 5130. The molecular formula is C81H92Cl2N10O28S2. The van der Waals surface area contributed by atoms with Crippen molar-refractivity contribution < 1.29 is 138 Å². The minimum absolute atomic E-state index is 0.126. The van der Waals surface area contributed by atoms with Gasteiger partial charge >= 0.3 is 5.97 Å². The van der Waals surface area contributed by atoms with Crippen molar-refractivity contribution in [1.82, 2.24) is 42.5 Å². The van der Waals surface area contributed by atoms with Gasteiger partial charge in [-0.15, -0.1) is 22.7 Å². The van der Waals surface area contributed by atoms with Gasteiger partial charge < -0.3 is 153 Å². The molecule has 0 saturated carbocycles. The molecule has 7 aromatic rings. The second kappa shape index (κ2) is 37.8. The normalized spacial score (nSPS) is 30.1. The monoisotopic (exact) mass is 1790 g/mol. The van der Waals surface area contributed by atoms with E-state index in [-0.39, 0.29) is 48.5 Å². The van der Waals surface area contributed by atoms with Crippen molar-refractivity contribution in [3.05, 3.63) is 151 Å². The molecule has 38 nitrogen and oxygen atoms in total. The molecule has 123 heavy (non-hydrogen) atoms. The summed E-state index contributed by atoms with van der Waals surface area (Å²) in [5, 5.41) is 161. The highest BCUT2D eigenvalue weighted by Gasteiger charge is 2.53. The minimum Gasteiger partial charge on any atom is -0.508 e. The van der Waals surface area contributed by atoms with Crippen molar-refractivity contribution in [3.8, 4) is 66.9 Å². The molecule has 5 aromatic carbocycles. The van der Waals surface area contributed by atoms with Crippen LogP contribution in [0.3, 0.4) is 0 Å². The van der Waals surface area contributed by atoms with Crippen molar-refractivity contribution in [2.45, 2.75) is 193 Å². The van der Waals surface area contributed by atoms with Crippen LogP contribution in [0.1, 0.15) is 110 Å². The first-order valence-electron chi connectivity index (χ1n) is 38.8. The van der Waals surface area contributed by atoms with E-state index in [9.17, 15) is 75.7 Å². The third kappa shape index (κ3) is 19.7. The molecule has 15 rings (SSSR count). The van der Waals surface area contributed by atoms with Crippen LogP contribution in [0.25, 0.3) is 20.9 Å². The van der Waals surface area contributed by atoms with Gasteiger partial charge in [-0.1, -0.05) is 61.3 Å². The number of carbonyl (C=O) groups excluding carboxylic acids is 7. The van der Waals surface area contributed by atoms with Gasteiger partial charge in [-0.25, -0.2) is 4.79 Å². The third-order valence-corrected chi connectivity index (χ3v) is 24.5. The van der Waals surface area contributed by atoms with Gasteiger partial charge in [-0.3, -0.25) is 33.6 Å². The molecule has 8 aliphatic rings. The van der Waals surface area contributed by atoms with Gasteiger partial charge in [0.25, 0.3) is 0 Å². The molecule has 10 heterocycles. The fourth-order valence-electron chi connectivity index (χ4n) is 15.4. The van der Waals surface area contributed by atoms with E-state index in [0.717, 1.165) is 81.4 Å². The smallest absolute Gasteiger partial charge is 0.330 e. The Kier molecular flexibility index (Phi) is 27.9. The Balaban J connectivity index is 0.977. The second-order valence-corrected chi connectivity index (χ2v) is 34.1. The number of amides is 7. The zero-order valence-corrected chi connectivity index (χ0v) is 69.2. The van der Waals surface area contributed by atoms with Gasteiger partial charge in [-0.05, 0) is 134 Å². The summed E-state index contributed by atoms with van der Waals surface area (Å²) in [5.41, 5.74) is 8.02. The number of aliphatic hydroxyl groups excluding tert-OH is 8. The number of aliphatic hydroxyl groups is 8. The molecule has 7 amide bonds. The van der Waals surface area contributed by atoms with E-state index in [1.54, 1.807) is 11.3 Å². The van der Waals surface area contributed by atoms with E-state index in [2.05, 4.69) is 42.5 Å². The highest BCUT2D eigenvalue weighted by atomic mass is 35.5. The molecule has 660 valence electrons. The van der Waals surface area contributed by atoms with Crippen LogP contribution in [0, 0.1) is 5.92 Å². The van der Waals surface area contributed by atoms with Crippen LogP contribution in [0.5, 0.6) is 46.0 Å². The van der Waals surface area contributed by atoms with Crippen LogP contribution >= 0.6 is 45.9 Å². The molecular weight excluding hydrogens is 1700 g/mol. The van der Waals surface area contributed by atoms with Crippen LogP contribution in [0.2, 0.25) is 10.0 Å². The number of phenols is 3. The van der Waals surface area contributed by atoms with Crippen molar-refractivity contribution in [2.75, 3.05) is 20.2 Å². The topological polar surface area (TPSA) is 601 Å². The number of aliphatic carboxylic acids is 1. The molecule has 2 aromatic heterocycles. The molecule has 3 fully saturated rings. The summed E-state index contributed by atoms with van der Waals surface area (Å²) in [4.78, 5) is 123. The lowest BCUT2D eigenvalue weighted by Gasteiger charge is -2.46. The van der Waals surface area contributed by atoms with Crippen molar-refractivity contribution in [2.24, 2.45) is 17.4 Å². The number of thiophene rings is 2. The maximum atomic E-state index is 16.4. The number of ether oxygens (including phenoxy) is 8. The van der Waals surface area contributed by atoms with E-state index >= 15 is 24.0 Å². The minimum atomic E-state index is -2.42. The number of aromatic hydroxyl groups is 3. The van der Waals surface area contributed by atoms with Crippen LogP contribution in [0.15, 0.2) is 109 Å². The number of hydrogen-bond donors (Lipinski definition) is 22. The highest BCUT2D eigenvalue weighted by molar-refractivity contribution is 7.21. The first-order valence-corrected chi connectivity index (χ1v) is 41.3. The van der Waals surface area contributed by atoms with Gasteiger partial charge in [0.15, 0.2) is 30.1 Å². The highest BCUT2D eigenvalue weighted by Crippen LogP contribution is 2.51. The lowest BCUT2D eigenvalue weighted by molar-refractivity contribution is -0.350. The second-order valence-electron chi connectivity index (χ2n) is 31.2. The fourth-order valence-corrected chi connectivity index (χ4v) is 17.6. The number of carboxylic acid groups (broad SMARTS) is 1. The standard InChI is InChI=1S/C81H92Cl2N10O28S2/c1-30(2)17-42(86-5)72(106)92-60-62(99)33-9-13-46(40(82)19-33)115-48-21-35-22-49(69(48)120-80-67(104)65(102)70(51(29-94)118-80)121-79-66(103)64(101)63(100)50(117-79)28-87-27-37-11-15-53(123-37)52-7-6-16-122-52)116-47-14-10-34(20-41(47)83)68(119-55-26-81(4,85)71(105)31(3)114-55)61-77(111)91-59(78(112)113)39-23-36(95)24-45(97)56(39)38-18-32(8-12-44(38)96)57(74(108)93-61)90-75(109)58(35)89-73(107)43(25-54(84)98)88-76(60)110/h6-16,18-24,30-31,42-43,50-51,55,57-68,70-71,79-80,86-87,94-97,99-105H,17,25-29,85H2,1-5H3,(H2,84,98)(H,88,110)(H,89,107)(H,90,109)(H,91,111)(H,92,106)(H,93,108)(H,112,113)/t31-,42+,43-,50+,51+,55-,57+,58+,59+,60+,61-,62+,63-,64-,65+,66+,67+,68+,70+,71-,79+,80?,81-/m0/s1. The van der Waals surface area contributed by atoms with E-state index in [1.165, 1.54) is 44.4 Å². The van der Waals surface area contributed by atoms with Crippen molar-refractivity contribution >= 4 is 93.2 Å². The van der Waals surface area contributed by atoms with Gasteiger partial charge in [0.2, 0.25) is 53.4 Å². The zero-order valence-electron chi connectivity index (χ0n) is 66.0. The van der Waals surface area contributed by atoms with E-state index in [0.29, 0.717) is 0 Å². The molecule has 0 radical (unpaired) electrons. The molecule has 24 N–H and O–H groups in total. The van der Waals surface area contributed by atoms with Crippen molar-refractivity contribution in [1.29, 1.82) is 0 Å². The molecule has 3 saturated heterocycles. The number of hydrogen-bond acceptors (Lipinski definition) is 32. The Morgan fingerprint density at radius 1 is 0.675 bits per heavy atom. The number of carbonyl (C=O) groups is 8. The maximum absolute atomic E-state index is 16.4. The number of rotatable bonds is 20. The molecule has 11 bridgehead atoms. The van der Waals surface area contributed by atoms with Crippen LogP contribution in [0.4, 0.5) is 0 Å². The van der Waals surface area contributed by atoms with Gasteiger partial charge in [-0.2, -0.15) is 0 Å². The van der Waals surface area contributed by atoms with Gasteiger partial charge in [0.1, 0.15) is 120 Å². The molecule has 0 spiro atoms. The first kappa shape index (κ1) is 90.7. The SMILES string of the molecule is CN[C@H](CC(C)C)C(=O)N[C@H]1C(=O)N[C@@H](CC(N)=O)C(=O)N[C@H]2C(=O)N[C@H]3C(=O)N[C@H](C(=O)N[C@@H](C(=O)O)c4cc(O)cc(O)c4-c4cc3ccc4O)[C@H](O[C@H]3C[C@](C)(N)[C@@H](O)[C@H](C)O3)c3ccc(c(Cl)c3)Oc3cc2cc(c3OC2O[C@H](CO)[C@@H](O[C@H]3O[C@H](CNCc4ccc(-c5cccs5)s4)[C@H](O)[C@H](O)[C@H]3O)[C@H](O)[C@H]2O)Oc2ccc(cc2Cl)[C@H]1O. The van der Waals surface area contributed by atoms with E-state index < -0.39 is 279 Å². The van der Waals surface area contributed by atoms with E-state index in [4.69, 9.17) is 72.6 Å². The number of fused-ring (bicyclic) bond motifs is 15. The zero-order chi connectivity index (χ0) is 88.6. The predicted octanol–water partition coefficient (Wildman–Crippen LogP) is 1.52. The third-order valence-electron chi connectivity index (χ3n) is 21.8. The lowest BCUT2D eigenvalue weighted by Crippen LogP contribution is -2.65. The Hall–Kier alpha value is -10.00. The number of nitrogens with two attached hydrogens (primary N) is 2. The summed E-state index contributed by atoms with van der Waals surface area (Å²) >= 11 is 17.6. The van der Waals surface area contributed by atoms with Gasteiger partial charge in [0.05, 0.1) is 41.3 Å². The fraction of sp³-hybridized carbons (Fsp3) is 0.432. The number of phenolic OH excluding ortho intramolecular Hbond substituents is 3. The summed E-state index contributed by atoms with van der Waals surface area (Å²) in [5.74, 6) is -16.6. The predicted molar refractivity (Wildman–Crippen MR) is 434 cm³/mol. The van der Waals surface area contributed by atoms with Crippen LogP contribution in [-0.4, -0.2) is 238 Å². The number of primary amides is 1. The average Bonchev–Trinajstić information content (AvgIpc) is 1.62. The summed E-state index contributed by atoms with van der Waals surface area (Å²) in [6.07, 6.45) is -28.9. The van der Waals surface area contributed by atoms with Gasteiger partial charge in [0, 0.05) is 62.4 Å². The quantitative estimate of drug-likeness (QED) is 0.0514. The summed E-state index contributed by atoms with van der Waals surface area (Å²) in [6, 6.07) is 6.82. The number of benzene rings is 5. The Morgan fingerprint density at radius 2 is 1.33 bits per heavy atom. The Morgan fingerprint density at radius 3 is 1.97 bits per heavy atom. The molecule has 42 heteroatoms. The number of nitrogens with one attached hydrogen (secondary N) is 8. The number of likely N-dealkylation sites (N-methyl/N-ethyl adjacent to an activating group) is 1. The van der Waals surface area contributed by atoms with Crippen LogP contribution < -0.4 is 68.2 Å². The van der Waals surface area contributed by atoms with E-state index in [1.807, 2.05) is 43.5 Å². The average molecular weight is 1790 g/mol. The molecule has 23 atom stereocenters. The number of halogens is 2.